The van der Waals surface area contributed by atoms with Crippen molar-refractivity contribution in [3.05, 3.63) is 24.3 Å². The van der Waals surface area contributed by atoms with Gasteiger partial charge in [-0.05, 0) is 46.2 Å². The Morgan fingerprint density at radius 1 is 1.29 bits per heavy atom. The Bertz CT molecular complexity index is 348. The highest BCUT2D eigenvalue weighted by Crippen LogP contribution is 2.28. The van der Waals surface area contributed by atoms with Crippen LogP contribution >= 0.6 is 0 Å². The number of benzene rings is 1. The van der Waals surface area contributed by atoms with Crippen molar-refractivity contribution in [1.29, 1.82) is 0 Å². The van der Waals surface area contributed by atoms with E-state index in [0.29, 0.717) is 6.42 Å². The highest BCUT2D eigenvalue weighted by atomic mass is 16.5. The summed E-state index contributed by atoms with van der Waals surface area (Å²) in [5.41, 5.74) is 0.824. The fourth-order valence-corrected chi connectivity index (χ4v) is 1.63. The first-order chi connectivity index (χ1) is 7.94. The normalized spacial score (nSPS) is 11.6. The Morgan fingerprint density at radius 2 is 1.94 bits per heavy atom. The van der Waals surface area contributed by atoms with Crippen LogP contribution in [-0.4, -0.2) is 23.4 Å². The van der Waals surface area contributed by atoms with Gasteiger partial charge in [0.1, 0.15) is 5.75 Å². The second-order valence-electron chi connectivity index (χ2n) is 5.15. The zero-order valence-corrected chi connectivity index (χ0v) is 11.2. The van der Waals surface area contributed by atoms with Crippen molar-refractivity contribution >= 4 is 5.69 Å². The first kappa shape index (κ1) is 13.8. The molecule has 2 N–H and O–H groups in total. The first-order valence-corrected chi connectivity index (χ1v) is 6.09. The van der Waals surface area contributed by atoms with E-state index in [1.165, 1.54) is 0 Å². The van der Waals surface area contributed by atoms with Crippen LogP contribution in [0.2, 0.25) is 0 Å². The van der Waals surface area contributed by atoms with Crippen molar-refractivity contribution in [3.63, 3.8) is 0 Å². The highest BCUT2D eigenvalue weighted by Gasteiger charge is 2.18. The molecule has 0 saturated carbocycles. The van der Waals surface area contributed by atoms with Crippen molar-refractivity contribution in [2.45, 2.75) is 45.8 Å². The van der Waals surface area contributed by atoms with E-state index < -0.39 is 0 Å². The van der Waals surface area contributed by atoms with Crippen molar-refractivity contribution in [3.8, 4) is 5.75 Å². The molecule has 0 radical (unpaired) electrons. The van der Waals surface area contributed by atoms with Gasteiger partial charge in [-0.1, -0.05) is 12.1 Å². The van der Waals surface area contributed by atoms with Crippen molar-refractivity contribution in [1.82, 2.24) is 0 Å². The van der Waals surface area contributed by atoms with Crippen molar-refractivity contribution < 1.29 is 9.84 Å². The first-order valence-electron chi connectivity index (χ1n) is 6.09. The molecule has 17 heavy (non-hydrogen) atoms. The number of anilines is 1. The molecule has 3 nitrogen and oxygen atoms in total. The lowest BCUT2D eigenvalue weighted by molar-refractivity contribution is 0.241. The third kappa shape index (κ3) is 4.65. The molecule has 1 rings (SSSR count). The largest absolute Gasteiger partial charge is 0.489 e. The molecule has 0 heterocycles. The lowest BCUT2D eigenvalue weighted by atomic mass is 10.0. The van der Waals surface area contributed by atoms with Crippen LogP contribution in [0.4, 0.5) is 5.69 Å². The molecule has 0 bridgehead atoms. The predicted octanol–water partition coefficient (Wildman–Crippen LogP) is 3.05. The molecule has 0 spiro atoms. The Labute approximate surface area is 104 Å². The summed E-state index contributed by atoms with van der Waals surface area (Å²) in [5.74, 6) is 0.855. The molecule has 0 atom stereocenters. The summed E-state index contributed by atoms with van der Waals surface area (Å²) in [6.45, 7) is 8.32. The number of nitrogens with one attached hydrogen (secondary N) is 1. The molecule has 1 aromatic carbocycles. The van der Waals surface area contributed by atoms with Gasteiger partial charge < -0.3 is 15.2 Å². The number of aliphatic hydroxyl groups is 1. The summed E-state index contributed by atoms with van der Waals surface area (Å²) in [6, 6.07) is 7.89. The van der Waals surface area contributed by atoms with Crippen LogP contribution in [-0.2, 0) is 0 Å². The molecule has 0 saturated heterocycles. The summed E-state index contributed by atoms with van der Waals surface area (Å²) >= 11 is 0. The van der Waals surface area contributed by atoms with E-state index in [1.807, 2.05) is 38.1 Å². The van der Waals surface area contributed by atoms with E-state index in [9.17, 15) is 0 Å². The Balaban J connectivity index is 2.82. The number of ether oxygens (including phenoxy) is 1. The lowest BCUT2D eigenvalue weighted by Crippen LogP contribution is -2.32. The zero-order valence-electron chi connectivity index (χ0n) is 11.2. The molecule has 3 heteroatoms. The number of rotatable bonds is 6. The number of aliphatic hydroxyl groups excluding tert-OH is 1. The highest BCUT2D eigenvalue weighted by molar-refractivity contribution is 5.57. The van der Waals surface area contributed by atoms with Gasteiger partial charge in [-0.2, -0.15) is 0 Å². The minimum atomic E-state index is -0.148. The van der Waals surface area contributed by atoms with Crippen LogP contribution in [0.3, 0.4) is 0 Å². The SMILES string of the molecule is CC(C)Oc1ccccc1NC(C)(C)CCO. The Kier molecular flexibility index (Phi) is 4.82. The van der Waals surface area contributed by atoms with Gasteiger partial charge in [0, 0.05) is 12.1 Å². The van der Waals surface area contributed by atoms with Gasteiger partial charge >= 0.3 is 0 Å². The minimum Gasteiger partial charge on any atom is -0.489 e. The van der Waals surface area contributed by atoms with E-state index in [-0.39, 0.29) is 18.2 Å². The Hall–Kier alpha value is -1.22. The number of para-hydroxylation sites is 2. The summed E-state index contributed by atoms with van der Waals surface area (Å²) in [5, 5.41) is 12.4. The summed E-state index contributed by atoms with van der Waals surface area (Å²) in [7, 11) is 0. The molecule has 0 aliphatic heterocycles. The molecule has 0 aliphatic carbocycles. The molecule has 96 valence electrons. The van der Waals surface area contributed by atoms with E-state index in [1.54, 1.807) is 0 Å². The summed E-state index contributed by atoms with van der Waals surface area (Å²) in [4.78, 5) is 0. The third-order valence-corrected chi connectivity index (χ3v) is 2.46. The minimum absolute atomic E-state index is 0.148. The molecular formula is C14H23NO2. The molecule has 0 amide bonds. The van der Waals surface area contributed by atoms with Crippen LogP contribution in [0.1, 0.15) is 34.1 Å². The second-order valence-corrected chi connectivity index (χ2v) is 5.15. The average molecular weight is 237 g/mol. The van der Waals surface area contributed by atoms with Gasteiger partial charge in [0.2, 0.25) is 0 Å². The fourth-order valence-electron chi connectivity index (χ4n) is 1.63. The molecule has 0 aliphatic rings. The predicted molar refractivity (Wildman–Crippen MR) is 71.6 cm³/mol. The maximum absolute atomic E-state index is 9.02. The molecule has 1 aromatic rings. The second kappa shape index (κ2) is 5.92. The maximum atomic E-state index is 9.02. The van der Waals surface area contributed by atoms with Gasteiger partial charge in [-0.25, -0.2) is 0 Å². The van der Waals surface area contributed by atoms with Gasteiger partial charge in [0.15, 0.2) is 0 Å². The smallest absolute Gasteiger partial charge is 0.142 e. The molecular weight excluding hydrogens is 214 g/mol. The van der Waals surface area contributed by atoms with Crippen LogP contribution in [0.25, 0.3) is 0 Å². The summed E-state index contributed by atoms with van der Waals surface area (Å²) in [6.07, 6.45) is 0.849. The van der Waals surface area contributed by atoms with Crippen LogP contribution in [0.15, 0.2) is 24.3 Å². The number of hydrogen-bond donors (Lipinski definition) is 2. The lowest BCUT2D eigenvalue weighted by Gasteiger charge is -2.28. The molecule has 0 aromatic heterocycles. The fraction of sp³-hybridized carbons (Fsp3) is 0.571. The monoisotopic (exact) mass is 237 g/mol. The summed E-state index contributed by atoms with van der Waals surface area (Å²) < 4.78 is 5.74. The Morgan fingerprint density at radius 3 is 2.53 bits per heavy atom. The molecule has 0 fully saturated rings. The third-order valence-electron chi connectivity index (χ3n) is 2.46. The van der Waals surface area contributed by atoms with Gasteiger partial charge in [-0.15, -0.1) is 0 Å². The van der Waals surface area contributed by atoms with Gasteiger partial charge in [0.05, 0.1) is 11.8 Å². The topological polar surface area (TPSA) is 41.5 Å². The van der Waals surface area contributed by atoms with Crippen LogP contribution in [0.5, 0.6) is 5.75 Å². The van der Waals surface area contributed by atoms with Gasteiger partial charge in [0.25, 0.3) is 0 Å². The molecule has 0 unspecified atom stereocenters. The van der Waals surface area contributed by atoms with E-state index in [2.05, 4.69) is 19.2 Å². The average Bonchev–Trinajstić information content (AvgIpc) is 2.19. The van der Waals surface area contributed by atoms with E-state index in [4.69, 9.17) is 9.84 Å². The van der Waals surface area contributed by atoms with Crippen LogP contribution in [0, 0.1) is 0 Å². The van der Waals surface area contributed by atoms with Crippen molar-refractivity contribution in [2.75, 3.05) is 11.9 Å². The number of hydrogen-bond acceptors (Lipinski definition) is 3. The van der Waals surface area contributed by atoms with Crippen LogP contribution < -0.4 is 10.1 Å². The zero-order chi connectivity index (χ0) is 12.9. The van der Waals surface area contributed by atoms with E-state index in [0.717, 1.165) is 11.4 Å². The quantitative estimate of drug-likeness (QED) is 0.799. The van der Waals surface area contributed by atoms with Gasteiger partial charge in [-0.3, -0.25) is 0 Å². The standard InChI is InChI=1S/C14H23NO2/c1-11(2)17-13-8-6-5-7-12(13)15-14(3,4)9-10-16/h5-8,11,15-16H,9-10H2,1-4H3. The maximum Gasteiger partial charge on any atom is 0.142 e. The van der Waals surface area contributed by atoms with E-state index >= 15 is 0 Å². The van der Waals surface area contributed by atoms with Crippen molar-refractivity contribution in [2.24, 2.45) is 0 Å².